The van der Waals surface area contributed by atoms with Crippen molar-refractivity contribution < 1.29 is 13.2 Å². The summed E-state index contributed by atoms with van der Waals surface area (Å²) in [5.74, 6) is 0.182. The van der Waals surface area contributed by atoms with Gasteiger partial charge in [-0.2, -0.15) is 13.2 Å². The molecule has 0 aliphatic heterocycles. The first-order chi connectivity index (χ1) is 7.97. The molecule has 17 heavy (non-hydrogen) atoms. The summed E-state index contributed by atoms with van der Waals surface area (Å²) in [4.78, 5) is 0. The molecular formula is C13H16F3N. The molecule has 0 saturated heterocycles. The molecule has 94 valence electrons. The Morgan fingerprint density at radius 2 is 1.94 bits per heavy atom. The summed E-state index contributed by atoms with van der Waals surface area (Å²) in [6, 6.07) is 5.77. The van der Waals surface area contributed by atoms with Gasteiger partial charge in [-0.1, -0.05) is 24.6 Å². The van der Waals surface area contributed by atoms with Gasteiger partial charge >= 0.3 is 6.18 Å². The number of rotatable bonds is 1. The molecule has 1 aliphatic rings. The number of halogens is 3. The fraction of sp³-hybridized carbons (Fsp3) is 0.538. The summed E-state index contributed by atoms with van der Waals surface area (Å²) in [6.45, 7) is 0. The van der Waals surface area contributed by atoms with E-state index in [9.17, 15) is 13.2 Å². The highest BCUT2D eigenvalue weighted by Crippen LogP contribution is 2.35. The molecule has 1 fully saturated rings. The summed E-state index contributed by atoms with van der Waals surface area (Å²) >= 11 is 0. The highest BCUT2D eigenvalue weighted by molar-refractivity contribution is 5.28. The zero-order chi connectivity index (χ0) is 12.5. The van der Waals surface area contributed by atoms with Crippen LogP contribution in [-0.4, -0.2) is 6.04 Å². The molecule has 2 N–H and O–H groups in total. The van der Waals surface area contributed by atoms with Crippen LogP contribution in [-0.2, 0) is 6.18 Å². The SMILES string of the molecule is NC1CCC[C@H](c2cccc(C(F)(F)F)c2)C1. The molecule has 0 radical (unpaired) electrons. The second-order valence-corrected chi connectivity index (χ2v) is 4.75. The van der Waals surface area contributed by atoms with Crippen LogP contribution in [0, 0.1) is 0 Å². The van der Waals surface area contributed by atoms with Crippen molar-refractivity contribution in [1.29, 1.82) is 0 Å². The molecule has 0 heterocycles. The molecule has 0 spiro atoms. The molecule has 1 nitrogen and oxygen atoms in total. The van der Waals surface area contributed by atoms with E-state index >= 15 is 0 Å². The van der Waals surface area contributed by atoms with E-state index < -0.39 is 11.7 Å². The smallest absolute Gasteiger partial charge is 0.328 e. The van der Waals surface area contributed by atoms with Gasteiger partial charge in [0.1, 0.15) is 0 Å². The van der Waals surface area contributed by atoms with Gasteiger partial charge in [0.2, 0.25) is 0 Å². The van der Waals surface area contributed by atoms with E-state index in [0.29, 0.717) is 0 Å². The fourth-order valence-electron chi connectivity index (χ4n) is 2.50. The van der Waals surface area contributed by atoms with Crippen LogP contribution >= 0.6 is 0 Å². The van der Waals surface area contributed by atoms with E-state index in [-0.39, 0.29) is 12.0 Å². The minimum absolute atomic E-state index is 0.128. The number of hydrogen-bond donors (Lipinski definition) is 1. The summed E-state index contributed by atoms with van der Waals surface area (Å²) in [7, 11) is 0. The van der Waals surface area contributed by atoms with Crippen LogP contribution in [0.2, 0.25) is 0 Å². The van der Waals surface area contributed by atoms with Crippen LogP contribution in [0.3, 0.4) is 0 Å². The average molecular weight is 243 g/mol. The van der Waals surface area contributed by atoms with E-state index in [4.69, 9.17) is 5.73 Å². The van der Waals surface area contributed by atoms with Gasteiger partial charge < -0.3 is 5.73 Å². The van der Waals surface area contributed by atoms with Crippen LogP contribution in [0.1, 0.15) is 42.7 Å². The van der Waals surface area contributed by atoms with Gasteiger partial charge in [0.05, 0.1) is 5.56 Å². The van der Waals surface area contributed by atoms with Crippen LogP contribution < -0.4 is 5.73 Å². The topological polar surface area (TPSA) is 26.0 Å². The molecule has 1 aliphatic carbocycles. The van der Waals surface area contributed by atoms with E-state index in [1.807, 2.05) is 0 Å². The fourth-order valence-corrected chi connectivity index (χ4v) is 2.50. The first-order valence-electron chi connectivity index (χ1n) is 5.89. The van der Waals surface area contributed by atoms with Crippen molar-refractivity contribution >= 4 is 0 Å². The maximum Gasteiger partial charge on any atom is 0.416 e. The van der Waals surface area contributed by atoms with Crippen LogP contribution in [0.25, 0.3) is 0 Å². The molecule has 1 unspecified atom stereocenters. The van der Waals surface area contributed by atoms with Gasteiger partial charge in [0.25, 0.3) is 0 Å². The Bertz CT molecular complexity index is 386. The van der Waals surface area contributed by atoms with Crippen molar-refractivity contribution in [2.24, 2.45) is 5.73 Å². The van der Waals surface area contributed by atoms with E-state index in [2.05, 4.69) is 0 Å². The molecule has 0 amide bonds. The average Bonchev–Trinajstić information content (AvgIpc) is 2.28. The Hall–Kier alpha value is -1.03. The van der Waals surface area contributed by atoms with Crippen molar-refractivity contribution in [1.82, 2.24) is 0 Å². The van der Waals surface area contributed by atoms with Crippen molar-refractivity contribution in [3.63, 3.8) is 0 Å². The van der Waals surface area contributed by atoms with Crippen LogP contribution in [0.5, 0.6) is 0 Å². The van der Waals surface area contributed by atoms with E-state index in [1.165, 1.54) is 12.1 Å². The maximum absolute atomic E-state index is 12.6. The molecule has 2 atom stereocenters. The third kappa shape index (κ3) is 3.00. The van der Waals surface area contributed by atoms with Crippen molar-refractivity contribution in [3.05, 3.63) is 35.4 Å². The molecule has 4 heteroatoms. The highest BCUT2D eigenvalue weighted by atomic mass is 19.4. The van der Waals surface area contributed by atoms with Crippen molar-refractivity contribution in [2.45, 2.75) is 43.8 Å². The quantitative estimate of drug-likeness (QED) is 0.799. The molecule has 2 rings (SSSR count). The van der Waals surface area contributed by atoms with Crippen molar-refractivity contribution in [2.75, 3.05) is 0 Å². The third-order valence-electron chi connectivity index (χ3n) is 3.40. The first kappa shape index (κ1) is 12.4. The zero-order valence-electron chi connectivity index (χ0n) is 9.50. The number of benzene rings is 1. The number of alkyl halides is 3. The van der Waals surface area contributed by atoms with Gasteiger partial charge in [-0.05, 0) is 36.8 Å². The first-order valence-corrected chi connectivity index (χ1v) is 5.89. The molecular weight excluding hydrogens is 227 g/mol. The summed E-state index contributed by atoms with van der Waals surface area (Å²) < 4.78 is 37.8. The summed E-state index contributed by atoms with van der Waals surface area (Å²) in [5.41, 5.74) is 6.08. The van der Waals surface area contributed by atoms with Crippen LogP contribution in [0.15, 0.2) is 24.3 Å². The largest absolute Gasteiger partial charge is 0.416 e. The molecule has 0 aromatic heterocycles. The molecule has 1 aromatic rings. The molecule has 0 bridgehead atoms. The normalized spacial score (nSPS) is 25.9. The van der Waals surface area contributed by atoms with Gasteiger partial charge in [0.15, 0.2) is 0 Å². The predicted molar refractivity (Wildman–Crippen MR) is 60.6 cm³/mol. The maximum atomic E-state index is 12.6. The summed E-state index contributed by atoms with van der Waals surface area (Å²) in [5, 5.41) is 0. The number of hydrogen-bond acceptors (Lipinski definition) is 1. The van der Waals surface area contributed by atoms with Gasteiger partial charge in [-0.3, -0.25) is 0 Å². The standard InChI is InChI=1S/C13H16F3N/c14-13(15,16)11-5-1-3-9(7-11)10-4-2-6-12(17)8-10/h1,3,5,7,10,12H,2,4,6,8,17H2/t10-,12?/m0/s1. The lowest BCUT2D eigenvalue weighted by Crippen LogP contribution is -2.26. The lowest BCUT2D eigenvalue weighted by Gasteiger charge is -2.27. The third-order valence-corrected chi connectivity index (χ3v) is 3.40. The van der Waals surface area contributed by atoms with Gasteiger partial charge in [-0.15, -0.1) is 0 Å². The lowest BCUT2D eigenvalue weighted by atomic mass is 9.81. The molecule has 1 saturated carbocycles. The predicted octanol–water partition coefficient (Wildman–Crippen LogP) is 3.69. The van der Waals surface area contributed by atoms with Gasteiger partial charge in [0, 0.05) is 6.04 Å². The van der Waals surface area contributed by atoms with Crippen molar-refractivity contribution in [3.8, 4) is 0 Å². The lowest BCUT2D eigenvalue weighted by molar-refractivity contribution is -0.137. The van der Waals surface area contributed by atoms with E-state index in [1.54, 1.807) is 6.07 Å². The van der Waals surface area contributed by atoms with Gasteiger partial charge in [-0.25, -0.2) is 0 Å². The Labute approximate surface area is 98.8 Å². The highest BCUT2D eigenvalue weighted by Gasteiger charge is 2.31. The minimum atomic E-state index is -4.26. The Kier molecular flexibility index (Phi) is 3.43. The Balaban J connectivity index is 2.21. The summed E-state index contributed by atoms with van der Waals surface area (Å²) in [6.07, 6.45) is -0.541. The monoisotopic (exact) mass is 243 g/mol. The zero-order valence-corrected chi connectivity index (χ0v) is 9.50. The minimum Gasteiger partial charge on any atom is -0.328 e. The second-order valence-electron chi connectivity index (χ2n) is 4.75. The second kappa shape index (κ2) is 4.69. The molecule has 1 aromatic carbocycles. The Morgan fingerprint density at radius 1 is 1.18 bits per heavy atom. The number of nitrogens with two attached hydrogens (primary N) is 1. The van der Waals surface area contributed by atoms with E-state index in [0.717, 1.165) is 37.3 Å². The van der Waals surface area contributed by atoms with Crippen LogP contribution in [0.4, 0.5) is 13.2 Å². The Morgan fingerprint density at radius 3 is 2.59 bits per heavy atom.